The predicted octanol–water partition coefficient (Wildman–Crippen LogP) is 3.99. The molecule has 0 radical (unpaired) electrons. The fraction of sp³-hybridized carbons (Fsp3) is 0.750. The summed E-state index contributed by atoms with van der Waals surface area (Å²) in [6.07, 6.45) is 1.23. The zero-order valence-corrected chi connectivity index (χ0v) is 11.0. The Hall–Kier alpha value is -0.620. The Balaban J connectivity index is 2.05. The molecule has 3 unspecified atom stereocenters. The van der Waals surface area contributed by atoms with Crippen LogP contribution in [0, 0.1) is 11.8 Å². The molecular weight excluding hydrogens is 261 g/mol. The standard InChI is InChI=1S/C12H17F3N2S/c1-2-7-3-4-8(5-7)10(16)9-6-17-11(18-9)12(13,14)15/h6-8,10H,2-5,16H2,1H3. The van der Waals surface area contributed by atoms with Crippen molar-refractivity contribution in [1.82, 2.24) is 4.98 Å². The second-order valence-electron chi connectivity index (χ2n) is 4.94. The van der Waals surface area contributed by atoms with Crippen LogP contribution in [0.15, 0.2) is 6.20 Å². The lowest BCUT2D eigenvalue weighted by Crippen LogP contribution is -2.18. The summed E-state index contributed by atoms with van der Waals surface area (Å²) < 4.78 is 37.4. The second-order valence-corrected chi connectivity index (χ2v) is 6.00. The molecule has 1 saturated carbocycles. The van der Waals surface area contributed by atoms with E-state index in [1.165, 1.54) is 6.20 Å². The molecule has 0 aromatic carbocycles. The maximum Gasteiger partial charge on any atom is 0.443 e. The van der Waals surface area contributed by atoms with Gasteiger partial charge in [0.25, 0.3) is 0 Å². The van der Waals surface area contributed by atoms with Crippen LogP contribution in [0.4, 0.5) is 13.2 Å². The van der Waals surface area contributed by atoms with E-state index < -0.39 is 11.2 Å². The van der Waals surface area contributed by atoms with E-state index in [2.05, 4.69) is 11.9 Å². The molecule has 0 bridgehead atoms. The summed E-state index contributed by atoms with van der Waals surface area (Å²) in [5.41, 5.74) is 6.08. The summed E-state index contributed by atoms with van der Waals surface area (Å²) in [5, 5.41) is -0.794. The van der Waals surface area contributed by atoms with Crippen molar-refractivity contribution in [2.24, 2.45) is 17.6 Å². The SMILES string of the molecule is CCC1CCC(C(N)c2cnc(C(F)(F)F)s2)C1. The number of nitrogens with zero attached hydrogens (tertiary/aromatic N) is 1. The molecule has 2 rings (SSSR count). The van der Waals surface area contributed by atoms with E-state index in [1.54, 1.807) is 0 Å². The smallest absolute Gasteiger partial charge is 0.323 e. The van der Waals surface area contributed by atoms with Crippen LogP contribution in [0.25, 0.3) is 0 Å². The van der Waals surface area contributed by atoms with E-state index in [1.807, 2.05) is 0 Å². The average molecular weight is 278 g/mol. The summed E-state index contributed by atoms with van der Waals surface area (Å²) in [4.78, 5) is 3.99. The van der Waals surface area contributed by atoms with Gasteiger partial charge in [0.05, 0.1) is 0 Å². The number of aromatic nitrogens is 1. The van der Waals surface area contributed by atoms with Crippen LogP contribution in [0.5, 0.6) is 0 Å². The van der Waals surface area contributed by atoms with Crippen molar-refractivity contribution >= 4 is 11.3 Å². The van der Waals surface area contributed by atoms with Crippen LogP contribution in [0.3, 0.4) is 0 Å². The van der Waals surface area contributed by atoms with E-state index in [0.717, 1.165) is 25.7 Å². The number of alkyl halides is 3. The van der Waals surface area contributed by atoms with Gasteiger partial charge < -0.3 is 5.73 Å². The van der Waals surface area contributed by atoms with Crippen molar-refractivity contribution in [3.63, 3.8) is 0 Å². The molecule has 3 atom stereocenters. The monoisotopic (exact) mass is 278 g/mol. The number of hydrogen-bond donors (Lipinski definition) is 1. The largest absolute Gasteiger partial charge is 0.443 e. The maximum absolute atomic E-state index is 12.5. The fourth-order valence-electron chi connectivity index (χ4n) is 2.61. The van der Waals surface area contributed by atoms with Crippen molar-refractivity contribution in [1.29, 1.82) is 0 Å². The minimum absolute atomic E-state index is 0.296. The minimum Gasteiger partial charge on any atom is -0.323 e. The van der Waals surface area contributed by atoms with E-state index in [0.29, 0.717) is 28.0 Å². The van der Waals surface area contributed by atoms with E-state index >= 15 is 0 Å². The predicted molar refractivity (Wildman–Crippen MR) is 65.2 cm³/mol. The molecule has 1 fully saturated rings. The molecule has 18 heavy (non-hydrogen) atoms. The summed E-state index contributed by atoms with van der Waals surface area (Å²) in [7, 11) is 0. The van der Waals surface area contributed by atoms with Gasteiger partial charge in [-0.1, -0.05) is 19.8 Å². The van der Waals surface area contributed by atoms with Crippen LogP contribution >= 0.6 is 11.3 Å². The molecule has 2 nitrogen and oxygen atoms in total. The van der Waals surface area contributed by atoms with Gasteiger partial charge in [-0.25, -0.2) is 4.98 Å². The number of hydrogen-bond acceptors (Lipinski definition) is 3. The lowest BCUT2D eigenvalue weighted by atomic mass is 9.96. The quantitative estimate of drug-likeness (QED) is 0.908. The van der Waals surface area contributed by atoms with Gasteiger partial charge >= 0.3 is 6.18 Å². The van der Waals surface area contributed by atoms with Crippen LogP contribution in [-0.2, 0) is 6.18 Å². The highest BCUT2D eigenvalue weighted by Gasteiger charge is 2.36. The third-order valence-corrected chi connectivity index (χ3v) is 4.91. The lowest BCUT2D eigenvalue weighted by Gasteiger charge is -2.17. The Bertz CT molecular complexity index is 402. The van der Waals surface area contributed by atoms with E-state index in [9.17, 15) is 13.2 Å². The molecule has 0 aliphatic heterocycles. The number of thiazole rings is 1. The third kappa shape index (κ3) is 2.85. The Labute approximate surface area is 108 Å². The first-order valence-electron chi connectivity index (χ1n) is 6.20. The molecule has 1 aromatic rings. The molecular formula is C12H17F3N2S. The Kier molecular flexibility index (Phi) is 3.96. The number of nitrogens with two attached hydrogens (primary N) is 1. The lowest BCUT2D eigenvalue weighted by molar-refractivity contribution is -0.137. The fourth-order valence-corrected chi connectivity index (χ4v) is 3.49. The van der Waals surface area contributed by atoms with Gasteiger partial charge in [0.15, 0.2) is 5.01 Å². The van der Waals surface area contributed by atoms with Gasteiger partial charge in [-0.05, 0) is 24.7 Å². The highest BCUT2D eigenvalue weighted by Crippen LogP contribution is 2.42. The zero-order valence-electron chi connectivity index (χ0n) is 10.2. The molecule has 0 spiro atoms. The van der Waals surface area contributed by atoms with Gasteiger partial charge in [0.2, 0.25) is 0 Å². The molecule has 1 aromatic heterocycles. The zero-order chi connectivity index (χ0) is 13.3. The Morgan fingerprint density at radius 1 is 1.50 bits per heavy atom. The highest BCUT2D eigenvalue weighted by molar-refractivity contribution is 7.11. The van der Waals surface area contributed by atoms with Crippen molar-refractivity contribution in [3.8, 4) is 0 Å². The van der Waals surface area contributed by atoms with Gasteiger partial charge in [-0.2, -0.15) is 13.2 Å². The van der Waals surface area contributed by atoms with Gasteiger partial charge in [0, 0.05) is 17.1 Å². The van der Waals surface area contributed by atoms with Crippen LogP contribution in [0.1, 0.15) is 48.5 Å². The van der Waals surface area contributed by atoms with E-state index in [-0.39, 0.29) is 6.04 Å². The third-order valence-electron chi connectivity index (χ3n) is 3.76. The topological polar surface area (TPSA) is 38.9 Å². The van der Waals surface area contributed by atoms with Crippen molar-refractivity contribution < 1.29 is 13.2 Å². The first kappa shape index (κ1) is 13.8. The first-order valence-corrected chi connectivity index (χ1v) is 7.02. The molecule has 0 saturated heterocycles. The first-order chi connectivity index (χ1) is 8.41. The maximum atomic E-state index is 12.5. The molecule has 6 heteroatoms. The summed E-state index contributed by atoms with van der Waals surface area (Å²) in [6.45, 7) is 2.15. The second kappa shape index (κ2) is 5.17. The minimum atomic E-state index is -4.36. The van der Waals surface area contributed by atoms with E-state index in [4.69, 9.17) is 5.73 Å². The molecule has 1 aliphatic rings. The van der Waals surface area contributed by atoms with Crippen LogP contribution in [-0.4, -0.2) is 4.98 Å². The number of rotatable bonds is 3. The molecule has 2 N–H and O–H groups in total. The molecule has 0 amide bonds. The number of halogens is 3. The van der Waals surface area contributed by atoms with Crippen molar-refractivity contribution in [3.05, 3.63) is 16.1 Å². The Morgan fingerprint density at radius 2 is 2.22 bits per heavy atom. The summed E-state index contributed by atoms with van der Waals surface area (Å²) >= 11 is 0.682. The van der Waals surface area contributed by atoms with Crippen LogP contribution < -0.4 is 5.73 Å². The normalized spacial score (nSPS) is 26.5. The molecule has 102 valence electrons. The molecule has 1 heterocycles. The summed E-state index contributed by atoms with van der Waals surface area (Å²) in [5.74, 6) is 0.979. The van der Waals surface area contributed by atoms with Crippen LogP contribution in [0.2, 0.25) is 0 Å². The summed E-state index contributed by atoms with van der Waals surface area (Å²) in [6, 6.07) is -0.296. The molecule has 1 aliphatic carbocycles. The van der Waals surface area contributed by atoms with Gasteiger partial charge in [0.1, 0.15) is 0 Å². The Morgan fingerprint density at radius 3 is 2.72 bits per heavy atom. The average Bonchev–Trinajstić information content (AvgIpc) is 2.96. The van der Waals surface area contributed by atoms with Gasteiger partial charge in [-0.15, -0.1) is 11.3 Å². The van der Waals surface area contributed by atoms with Crippen molar-refractivity contribution in [2.75, 3.05) is 0 Å². The van der Waals surface area contributed by atoms with Crippen molar-refractivity contribution in [2.45, 2.75) is 44.8 Å². The highest BCUT2D eigenvalue weighted by atomic mass is 32.1. The van der Waals surface area contributed by atoms with Gasteiger partial charge in [-0.3, -0.25) is 0 Å².